The summed E-state index contributed by atoms with van der Waals surface area (Å²) in [5, 5.41) is 7.49. The molecule has 4 aromatic rings. The molecule has 0 saturated carbocycles. The highest BCUT2D eigenvalue weighted by Crippen LogP contribution is 2.31. The summed E-state index contributed by atoms with van der Waals surface area (Å²) >= 11 is 0. The van der Waals surface area contributed by atoms with Crippen molar-refractivity contribution < 1.29 is 14.3 Å². The van der Waals surface area contributed by atoms with Gasteiger partial charge in [0.25, 0.3) is 5.91 Å². The summed E-state index contributed by atoms with van der Waals surface area (Å²) in [4.78, 5) is 30.3. The maximum absolute atomic E-state index is 12.9. The molecule has 1 aromatic carbocycles. The van der Waals surface area contributed by atoms with Crippen LogP contribution in [0.1, 0.15) is 23.0 Å². The molecule has 1 amide bonds. The van der Waals surface area contributed by atoms with Crippen molar-refractivity contribution in [2.24, 2.45) is 0 Å². The van der Waals surface area contributed by atoms with Crippen LogP contribution in [0.2, 0.25) is 0 Å². The summed E-state index contributed by atoms with van der Waals surface area (Å²) < 4.78 is 15.2. The third-order valence-electron chi connectivity index (χ3n) is 5.50. The smallest absolute Gasteiger partial charge is 0.261 e. The van der Waals surface area contributed by atoms with Crippen LogP contribution in [-0.4, -0.2) is 37.9 Å². The fourth-order valence-electron chi connectivity index (χ4n) is 3.85. The number of para-hydroxylation sites is 2. The molecule has 0 fully saturated rings. The summed E-state index contributed by atoms with van der Waals surface area (Å²) in [6, 6.07) is 11.0. The molecule has 1 N–H and O–H groups in total. The number of pyridine rings is 2. The highest BCUT2D eigenvalue weighted by molar-refractivity contribution is 6.05. The fraction of sp³-hybridized carbons (Fsp3) is 0.250. The predicted molar refractivity (Wildman–Crippen MR) is 123 cm³/mol. The van der Waals surface area contributed by atoms with Crippen LogP contribution in [0.5, 0.6) is 11.5 Å². The van der Waals surface area contributed by atoms with E-state index < -0.39 is 5.91 Å². The first-order valence-electron chi connectivity index (χ1n) is 10.7. The molecule has 9 heteroatoms. The SMILES string of the molecule is CCn1cc(C(=O)Nc2cnn(C[C@@H]3COc4ccccc4O3)c2)c(=O)c2ccc(C)nc21. The highest BCUT2D eigenvalue weighted by atomic mass is 16.6. The van der Waals surface area contributed by atoms with Crippen molar-refractivity contribution in [1.82, 2.24) is 19.3 Å². The number of nitrogens with one attached hydrogen (secondary N) is 1. The van der Waals surface area contributed by atoms with Gasteiger partial charge in [-0.3, -0.25) is 14.3 Å². The Balaban J connectivity index is 1.32. The molecule has 5 rings (SSSR count). The summed E-state index contributed by atoms with van der Waals surface area (Å²) in [6.07, 6.45) is 4.59. The molecule has 9 nitrogen and oxygen atoms in total. The van der Waals surface area contributed by atoms with E-state index in [1.165, 1.54) is 0 Å². The minimum absolute atomic E-state index is 0.0587. The lowest BCUT2D eigenvalue weighted by Crippen LogP contribution is -2.33. The van der Waals surface area contributed by atoms with Gasteiger partial charge in [0, 0.05) is 24.6 Å². The molecular formula is C24H23N5O4. The molecule has 1 atom stereocenters. The number of nitrogens with zero attached hydrogens (tertiary/aromatic N) is 4. The third-order valence-corrected chi connectivity index (χ3v) is 5.50. The van der Waals surface area contributed by atoms with Crippen LogP contribution in [0.15, 0.2) is 59.8 Å². The van der Waals surface area contributed by atoms with Crippen LogP contribution in [0, 0.1) is 6.92 Å². The van der Waals surface area contributed by atoms with E-state index in [9.17, 15) is 9.59 Å². The van der Waals surface area contributed by atoms with Gasteiger partial charge in [-0.05, 0) is 38.1 Å². The Hall–Kier alpha value is -4.14. The number of fused-ring (bicyclic) bond motifs is 2. The monoisotopic (exact) mass is 445 g/mol. The quantitative estimate of drug-likeness (QED) is 0.507. The van der Waals surface area contributed by atoms with Crippen LogP contribution in [0.25, 0.3) is 11.0 Å². The van der Waals surface area contributed by atoms with Gasteiger partial charge >= 0.3 is 0 Å². The van der Waals surface area contributed by atoms with Crippen molar-refractivity contribution in [3.8, 4) is 11.5 Å². The van der Waals surface area contributed by atoms with E-state index in [1.54, 1.807) is 40.0 Å². The lowest BCUT2D eigenvalue weighted by atomic mass is 10.1. The lowest BCUT2D eigenvalue weighted by molar-refractivity contribution is 0.0759. The Labute approximate surface area is 189 Å². The van der Waals surface area contributed by atoms with Crippen molar-refractivity contribution >= 4 is 22.6 Å². The second kappa shape index (κ2) is 8.42. The first-order chi connectivity index (χ1) is 16.0. The molecule has 1 aliphatic rings. The maximum Gasteiger partial charge on any atom is 0.261 e. The number of carbonyl (C=O) groups excluding carboxylic acids is 1. The van der Waals surface area contributed by atoms with Crippen molar-refractivity contribution in [2.75, 3.05) is 11.9 Å². The number of amides is 1. The van der Waals surface area contributed by atoms with Gasteiger partial charge in [0.2, 0.25) is 5.43 Å². The van der Waals surface area contributed by atoms with Gasteiger partial charge < -0.3 is 19.4 Å². The van der Waals surface area contributed by atoms with Gasteiger partial charge in [-0.15, -0.1) is 0 Å². The molecule has 0 unspecified atom stereocenters. The lowest BCUT2D eigenvalue weighted by Gasteiger charge is -2.26. The van der Waals surface area contributed by atoms with E-state index in [4.69, 9.17) is 9.47 Å². The number of hydrogen-bond donors (Lipinski definition) is 1. The highest BCUT2D eigenvalue weighted by Gasteiger charge is 2.22. The van der Waals surface area contributed by atoms with Gasteiger partial charge in [-0.2, -0.15) is 5.10 Å². The largest absolute Gasteiger partial charge is 0.486 e. The molecule has 0 bridgehead atoms. The van der Waals surface area contributed by atoms with Crippen molar-refractivity contribution in [3.63, 3.8) is 0 Å². The predicted octanol–water partition coefficient (Wildman–Crippen LogP) is 3.01. The van der Waals surface area contributed by atoms with E-state index in [-0.39, 0.29) is 17.1 Å². The summed E-state index contributed by atoms with van der Waals surface area (Å²) in [5.41, 5.74) is 1.58. The Morgan fingerprint density at radius 1 is 1.18 bits per heavy atom. The molecule has 0 radical (unpaired) electrons. The number of aromatic nitrogens is 4. The second-order valence-electron chi connectivity index (χ2n) is 7.88. The minimum atomic E-state index is -0.490. The fourth-order valence-corrected chi connectivity index (χ4v) is 3.85. The summed E-state index contributed by atoms with van der Waals surface area (Å²) in [5.74, 6) is 0.929. The standard InChI is InChI=1S/C24H23N5O4/c1-3-28-13-19(22(30)18-9-8-15(2)26-23(18)28)24(31)27-16-10-25-29(11-16)12-17-14-32-20-6-4-5-7-21(20)33-17/h4-11,13,17H,3,12,14H2,1-2H3,(H,27,31)/t17-/m1/s1. The zero-order chi connectivity index (χ0) is 22.9. The van der Waals surface area contributed by atoms with Crippen molar-refractivity contribution in [1.29, 1.82) is 0 Å². The molecular weight excluding hydrogens is 422 g/mol. The number of ether oxygens (including phenoxy) is 2. The summed E-state index contributed by atoms with van der Waals surface area (Å²) in [6.45, 7) is 5.24. The van der Waals surface area contributed by atoms with Crippen LogP contribution >= 0.6 is 0 Å². The first-order valence-corrected chi connectivity index (χ1v) is 10.7. The molecule has 3 aromatic heterocycles. The molecule has 4 heterocycles. The average molecular weight is 445 g/mol. The normalized spacial score (nSPS) is 14.9. The molecule has 1 aliphatic heterocycles. The average Bonchev–Trinajstić information content (AvgIpc) is 3.25. The Morgan fingerprint density at radius 3 is 2.82 bits per heavy atom. The Kier molecular flexibility index (Phi) is 5.29. The number of rotatable bonds is 5. The molecule has 0 saturated heterocycles. The zero-order valence-electron chi connectivity index (χ0n) is 18.3. The topological polar surface area (TPSA) is 100 Å². The van der Waals surface area contributed by atoms with Gasteiger partial charge in [0.15, 0.2) is 17.6 Å². The molecule has 0 aliphatic carbocycles. The third kappa shape index (κ3) is 4.05. The van der Waals surface area contributed by atoms with Gasteiger partial charge in [0.05, 0.1) is 23.8 Å². The zero-order valence-corrected chi connectivity index (χ0v) is 18.3. The number of aryl methyl sites for hydroxylation is 2. The minimum Gasteiger partial charge on any atom is -0.486 e. The first kappa shape index (κ1) is 20.7. The van der Waals surface area contributed by atoms with Crippen molar-refractivity contribution in [2.45, 2.75) is 33.0 Å². The van der Waals surface area contributed by atoms with Crippen LogP contribution in [-0.2, 0) is 13.1 Å². The van der Waals surface area contributed by atoms with E-state index in [2.05, 4.69) is 15.4 Å². The number of carbonyl (C=O) groups is 1. The Morgan fingerprint density at radius 2 is 2.00 bits per heavy atom. The van der Waals surface area contributed by atoms with E-state index >= 15 is 0 Å². The van der Waals surface area contributed by atoms with Gasteiger partial charge in [-0.1, -0.05) is 12.1 Å². The van der Waals surface area contributed by atoms with Crippen LogP contribution in [0.3, 0.4) is 0 Å². The number of hydrogen-bond acceptors (Lipinski definition) is 6. The maximum atomic E-state index is 12.9. The van der Waals surface area contributed by atoms with E-state index in [1.807, 2.05) is 38.1 Å². The van der Waals surface area contributed by atoms with Crippen LogP contribution in [0.4, 0.5) is 5.69 Å². The second-order valence-corrected chi connectivity index (χ2v) is 7.88. The van der Waals surface area contributed by atoms with Crippen LogP contribution < -0.4 is 20.2 Å². The summed E-state index contributed by atoms with van der Waals surface area (Å²) in [7, 11) is 0. The molecule has 33 heavy (non-hydrogen) atoms. The Bertz CT molecular complexity index is 1410. The number of anilines is 1. The van der Waals surface area contributed by atoms with Crippen molar-refractivity contribution in [3.05, 3.63) is 76.5 Å². The molecule has 168 valence electrons. The molecule has 0 spiro atoms. The van der Waals surface area contributed by atoms with E-state index in [0.29, 0.717) is 42.2 Å². The van der Waals surface area contributed by atoms with Gasteiger partial charge in [-0.25, -0.2) is 4.98 Å². The number of benzene rings is 1. The van der Waals surface area contributed by atoms with Gasteiger partial charge in [0.1, 0.15) is 17.8 Å². The van der Waals surface area contributed by atoms with E-state index in [0.717, 1.165) is 11.4 Å².